The van der Waals surface area contributed by atoms with E-state index < -0.39 is 24.0 Å². The number of rotatable bonds is 6. The first kappa shape index (κ1) is 22.8. The summed E-state index contributed by atoms with van der Waals surface area (Å²) >= 11 is 0. The van der Waals surface area contributed by atoms with Gasteiger partial charge in [-0.3, -0.25) is 4.79 Å². The molecule has 7 heteroatoms. The molecule has 0 aliphatic carbocycles. The molecule has 1 heterocycles. The van der Waals surface area contributed by atoms with E-state index in [1.165, 1.54) is 14.0 Å². The molecular formula is C23H24N2O5. The molecule has 2 aromatic rings. The van der Waals surface area contributed by atoms with E-state index >= 15 is 0 Å². The molecule has 0 unspecified atom stereocenters. The number of methoxy groups -OCH3 is 1. The fraction of sp³-hybridized carbons (Fsp3) is 0.304. The third kappa shape index (κ3) is 6.82. The molecule has 2 atom stereocenters. The first-order valence-corrected chi connectivity index (χ1v) is 9.22. The lowest BCUT2D eigenvalue weighted by molar-refractivity contribution is -0.145. The van der Waals surface area contributed by atoms with Gasteiger partial charge in [-0.25, -0.2) is 4.79 Å². The average molecular weight is 408 g/mol. The number of aliphatic hydroxyl groups excluding tert-OH is 1. The molecule has 0 saturated heterocycles. The van der Waals surface area contributed by atoms with Gasteiger partial charge in [-0.15, -0.1) is 0 Å². The van der Waals surface area contributed by atoms with Gasteiger partial charge in [0.05, 0.1) is 19.8 Å². The fourth-order valence-corrected chi connectivity index (χ4v) is 2.47. The molecule has 2 N–H and O–H groups in total. The van der Waals surface area contributed by atoms with E-state index in [0.717, 1.165) is 5.76 Å². The minimum atomic E-state index is -1.14. The molecule has 0 fully saturated rings. The summed E-state index contributed by atoms with van der Waals surface area (Å²) in [6.07, 6.45) is -1.08. The maximum atomic E-state index is 12.3. The number of carbonyl (C=O) groups is 2. The van der Waals surface area contributed by atoms with E-state index in [4.69, 9.17) is 4.42 Å². The van der Waals surface area contributed by atoms with Crippen molar-refractivity contribution in [2.24, 2.45) is 0 Å². The lowest BCUT2D eigenvalue weighted by Crippen LogP contribution is -2.48. The van der Waals surface area contributed by atoms with E-state index in [1.807, 2.05) is 25.1 Å². The topological polar surface area (TPSA) is 92.0 Å². The lowest BCUT2D eigenvalue weighted by atomic mass is 10.1. The monoisotopic (exact) mass is 408 g/mol. The van der Waals surface area contributed by atoms with Gasteiger partial charge in [-0.05, 0) is 75.2 Å². The second-order valence-electron chi connectivity index (χ2n) is 6.80. The van der Waals surface area contributed by atoms with Crippen LogP contribution in [0.1, 0.15) is 34.4 Å². The highest BCUT2D eigenvalue weighted by atomic mass is 16.5. The molecule has 156 valence electrons. The molecule has 2 rings (SSSR count). The standard InChI is InChI=1S/C23H24N2O5/c1-16(26)21(23(28)29-4)24-22(27)18-11-9-17(10-12-18)7-5-6-8-19-13-14-20(30-19)15-25(2)3/h9-14,16,21,26H,15H2,1-4H3,(H,24,27)/t16-,21-/m1/s1. The zero-order valence-corrected chi connectivity index (χ0v) is 17.4. The fourth-order valence-electron chi connectivity index (χ4n) is 2.47. The number of amides is 1. The molecule has 7 nitrogen and oxygen atoms in total. The van der Waals surface area contributed by atoms with Gasteiger partial charge < -0.3 is 24.5 Å². The number of hydrogen-bond donors (Lipinski definition) is 2. The van der Waals surface area contributed by atoms with E-state index in [2.05, 4.69) is 33.7 Å². The van der Waals surface area contributed by atoms with Crippen molar-refractivity contribution in [2.75, 3.05) is 21.2 Å². The van der Waals surface area contributed by atoms with Crippen molar-refractivity contribution in [1.29, 1.82) is 0 Å². The van der Waals surface area contributed by atoms with E-state index in [9.17, 15) is 14.7 Å². The number of nitrogens with one attached hydrogen (secondary N) is 1. The molecule has 0 aliphatic heterocycles. The number of furan rings is 1. The molecule has 1 aromatic carbocycles. The molecule has 1 aromatic heterocycles. The minimum absolute atomic E-state index is 0.324. The van der Waals surface area contributed by atoms with Gasteiger partial charge >= 0.3 is 5.97 Å². The van der Waals surface area contributed by atoms with Crippen LogP contribution in [-0.2, 0) is 16.1 Å². The van der Waals surface area contributed by atoms with Crippen LogP contribution >= 0.6 is 0 Å². The van der Waals surface area contributed by atoms with Crippen LogP contribution in [0, 0.1) is 23.7 Å². The van der Waals surface area contributed by atoms with Gasteiger partial charge in [0.1, 0.15) is 5.76 Å². The van der Waals surface area contributed by atoms with Crippen molar-refractivity contribution in [3.05, 3.63) is 59.0 Å². The Morgan fingerprint density at radius 3 is 2.40 bits per heavy atom. The van der Waals surface area contributed by atoms with Crippen LogP contribution in [0.4, 0.5) is 0 Å². The Morgan fingerprint density at radius 1 is 1.13 bits per heavy atom. The van der Waals surface area contributed by atoms with Crippen LogP contribution in [0.5, 0.6) is 0 Å². The van der Waals surface area contributed by atoms with Crippen LogP contribution in [0.3, 0.4) is 0 Å². The van der Waals surface area contributed by atoms with Crippen LogP contribution in [-0.4, -0.2) is 55.2 Å². The van der Waals surface area contributed by atoms with Gasteiger partial charge in [0.15, 0.2) is 11.8 Å². The first-order valence-electron chi connectivity index (χ1n) is 9.22. The minimum Gasteiger partial charge on any atom is -0.467 e. The highest BCUT2D eigenvalue weighted by Crippen LogP contribution is 2.08. The molecule has 0 bridgehead atoms. The Hall–Kier alpha value is -3.52. The lowest BCUT2D eigenvalue weighted by Gasteiger charge is -2.18. The third-order valence-electron chi connectivity index (χ3n) is 3.96. The van der Waals surface area contributed by atoms with Crippen molar-refractivity contribution in [3.63, 3.8) is 0 Å². The molecular weight excluding hydrogens is 384 g/mol. The second kappa shape index (κ2) is 10.9. The number of hydrogen-bond acceptors (Lipinski definition) is 6. The molecule has 0 aliphatic rings. The van der Waals surface area contributed by atoms with E-state index in [1.54, 1.807) is 30.3 Å². The van der Waals surface area contributed by atoms with Crippen LogP contribution in [0.15, 0.2) is 40.8 Å². The zero-order chi connectivity index (χ0) is 22.1. The Kier molecular flexibility index (Phi) is 8.25. The number of ether oxygens (including phenoxy) is 1. The van der Waals surface area contributed by atoms with Crippen molar-refractivity contribution < 1.29 is 23.8 Å². The van der Waals surface area contributed by atoms with Gasteiger partial charge in [-0.1, -0.05) is 5.92 Å². The zero-order valence-electron chi connectivity index (χ0n) is 17.4. The van der Waals surface area contributed by atoms with Crippen molar-refractivity contribution >= 4 is 11.9 Å². The predicted octanol–water partition coefficient (Wildman–Crippen LogP) is 1.40. The summed E-state index contributed by atoms with van der Waals surface area (Å²) in [4.78, 5) is 25.9. The molecule has 0 saturated carbocycles. The number of esters is 1. The van der Waals surface area contributed by atoms with Crippen molar-refractivity contribution in [2.45, 2.75) is 25.6 Å². The smallest absolute Gasteiger partial charge is 0.331 e. The Bertz CT molecular complexity index is 998. The van der Waals surface area contributed by atoms with E-state index in [0.29, 0.717) is 23.4 Å². The summed E-state index contributed by atoms with van der Waals surface area (Å²) in [5, 5.41) is 12.1. The molecule has 1 amide bonds. The highest BCUT2D eigenvalue weighted by Gasteiger charge is 2.26. The van der Waals surface area contributed by atoms with Gasteiger partial charge in [0.2, 0.25) is 0 Å². The molecule has 0 radical (unpaired) electrons. The second-order valence-corrected chi connectivity index (χ2v) is 6.80. The van der Waals surface area contributed by atoms with Gasteiger partial charge in [0, 0.05) is 11.1 Å². The normalized spacial score (nSPS) is 12.1. The maximum Gasteiger partial charge on any atom is 0.331 e. The number of carbonyl (C=O) groups excluding carboxylic acids is 2. The third-order valence-corrected chi connectivity index (χ3v) is 3.96. The molecule has 0 spiro atoms. The summed E-state index contributed by atoms with van der Waals surface area (Å²) in [6.45, 7) is 2.10. The summed E-state index contributed by atoms with van der Waals surface area (Å²) in [5.74, 6) is 11.4. The number of aliphatic hydroxyl groups is 1. The number of nitrogens with zero attached hydrogens (tertiary/aromatic N) is 1. The predicted molar refractivity (Wildman–Crippen MR) is 111 cm³/mol. The number of benzene rings is 1. The summed E-state index contributed by atoms with van der Waals surface area (Å²) in [6, 6.07) is 9.02. The Balaban J connectivity index is 1.99. The summed E-state index contributed by atoms with van der Waals surface area (Å²) < 4.78 is 10.2. The maximum absolute atomic E-state index is 12.3. The average Bonchev–Trinajstić information content (AvgIpc) is 3.15. The van der Waals surface area contributed by atoms with Crippen molar-refractivity contribution in [1.82, 2.24) is 10.2 Å². The SMILES string of the molecule is COC(=O)[C@H](NC(=O)c1ccc(C#CC#Cc2ccc(CN(C)C)o2)cc1)[C@@H](C)O. The van der Waals surface area contributed by atoms with Gasteiger partial charge in [-0.2, -0.15) is 0 Å². The van der Waals surface area contributed by atoms with Crippen LogP contribution in [0.2, 0.25) is 0 Å². The first-order chi connectivity index (χ1) is 14.3. The summed E-state index contributed by atoms with van der Waals surface area (Å²) in [7, 11) is 5.10. The Morgan fingerprint density at radius 2 is 1.80 bits per heavy atom. The van der Waals surface area contributed by atoms with Crippen molar-refractivity contribution in [3.8, 4) is 23.7 Å². The quantitative estimate of drug-likeness (QED) is 0.555. The largest absolute Gasteiger partial charge is 0.467 e. The van der Waals surface area contributed by atoms with Crippen LogP contribution in [0.25, 0.3) is 0 Å². The summed E-state index contributed by atoms with van der Waals surface area (Å²) in [5.41, 5.74) is 0.999. The van der Waals surface area contributed by atoms with Gasteiger partial charge in [0.25, 0.3) is 5.91 Å². The highest BCUT2D eigenvalue weighted by molar-refractivity contribution is 5.97. The van der Waals surface area contributed by atoms with E-state index in [-0.39, 0.29) is 0 Å². The Labute approximate surface area is 176 Å². The molecule has 30 heavy (non-hydrogen) atoms. The van der Waals surface area contributed by atoms with Crippen LogP contribution < -0.4 is 5.32 Å².